The summed E-state index contributed by atoms with van der Waals surface area (Å²) in [4.78, 5) is 2.64. The van der Waals surface area contributed by atoms with E-state index in [1.54, 1.807) is 16.4 Å². The largest absolute Gasteiger partial charge is 0.296 e. The summed E-state index contributed by atoms with van der Waals surface area (Å²) in [5.74, 6) is 0. The number of piperazine rings is 1. The molecule has 1 saturated heterocycles. The van der Waals surface area contributed by atoms with Gasteiger partial charge in [0.05, 0.1) is 4.90 Å². The molecule has 0 N–H and O–H groups in total. The molecule has 1 heterocycles. The normalized spacial score (nSPS) is 16.9. The van der Waals surface area contributed by atoms with Crippen LogP contribution in [0.4, 0.5) is 0 Å². The van der Waals surface area contributed by atoms with E-state index in [2.05, 4.69) is 11.8 Å². The zero-order chi connectivity index (χ0) is 17.9. The van der Waals surface area contributed by atoms with E-state index in [-0.39, 0.29) is 0 Å². The van der Waals surface area contributed by atoms with E-state index in [9.17, 15) is 8.42 Å². The van der Waals surface area contributed by atoms with Gasteiger partial charge in [-0.15, -0.1) is 0 Å². The molecule has 0 spiro atoms. The third kappa shape index (κ3) is 4.42. The molecule has 6 heteroatoms. The Labute approximate surface area is 155 Å². The topological polar surface area (TPSA) is 40.6 Å². The zero-order valence-electron chi connectivity index (χ0n) is 14.4. The molecule has 134 valence electrons. The summed E-state index contributed by atoms with van der Waals surface area (Å²) in [6.45, 7) is 5.32. The third-order valence-electron chi connectivity index (χ3n) is 4.60. The molecule has 0 aromatic heterocycles. The fourth-order valence-corrected chi connectivity index (χ4v) is 4.70. The Hall–Kier alpha value is -1.40. The van der Waals surface area contributed by atoms with Gasteiger partial charge in [-0.3, -0.25) is 4.90 Å². The van der Waals surface area contributed by atoms with Gasteiger partial charge in [-0.1, -0.05) is 42.8 Å². The molecule has 0 aliphatic carbocycles. The first kappa shape index (κ1) is 18.4. The van der Waals surface area contributed by atoms with Gasteiger partial charge in [0, 0.05) is 37.7 Å². The SMILES string of the molecule is CCc1ccc(S(=O)(=O)N2CCN(Cc3cccc(Cl)c3)CC2)cc1. The molecule has 4 nitrogen and oxygen atoms in total. The summed E-state index contributed by atoms with van der Waals surface area (Å²) >= 11 is 6.03. The van der Waals surface area contributed by atoms with Crippen LogP contribution in [-0.2, 0) is 23.0 Å². The van der Waals surface area contributed by atoms with E-state index in [4.69, 9.17) is 11.6 Å². The molecule has 1 aliphatic rings. The molecule has 0 atom stereocenters. The monoisotopic (exact) mass is 378 g/mol. The first-order valence-corrected chi connectivity index (χ1v) is 10.4. The molecule has 2 aromatic carbocycles. The number of sulfonamides is 1. The van der Waals surface area contributed by atoms with Crippen molar-refractivity contribution in [2.45, 2.75) is 24.8 Å². The number of hydrogen-bond acceptors (Lipinski definition) is 3. The second-order valence-electron chi connectivity index (χ2n) is 6.31. The maximum atomic E-state index is 12.8. The Kier molecular flexibility index (Phi) is 5.79. The molecule has 0 radical (unpaired) electrons. The van der Waals surface area contributed by atoms with Crippen LogP contribution in [0.1, 0.15) is 18.1 Å². The first-order chi connectivity index (χ1) is 12.0. The smallest absolute Gasteiger partial charge is 0.243 e. The summed E-state index contributed by atoms with van der Waals surface area (Å²) in [5, 5.41) is 0.731. The molecule has 0 bridgehead atoms. The highest BCUT2D eigenvalue weighted by atomic mass is 35.5. The Morgan fingerprint density at radius 3 is 2.24 bits per heavy atom. The highest BCUT2D eigenvalue weighted by Gasteiger charge is 2.28. The summed E-state index contributed by atoms with van der Waals surface area (Å²) < 4.78 is 27.2. The number of hydrogen-bond donors (Lipinski definition) is 0. The molecule has 1 fully saturated rings. The van der Waals surface area contributed by atoms with Crippen molar-refractivity contribution in [2.75, 3.05) is 26.2 Å². The van der Waals surface area contributed by atoms with Crippen molar-refractivity contribution in [3.63, 3.8) is 0 Å². The van der Waals surface area contributed by atoms with Gasteiger partial charge in [-0.05, 0) is 41.8 Å². The molecule has 0 saturated carbocycles. The van der Waals surface area contributed by atoms with Crippen LogP contribution in [-0.4, -0.2) is 43.8 Å². The van der Waals surface area contributed by atoms with E-state index in [1.165, 1.54) is 0 Å². The highest BCUT2D eigenvalue weighted by Crippen LogP contribution is 2.20. The van der Waals surface area contributed by atoms with Gasteiger partial charge in [0.2, 0.25) is 10.0 Å². The van der Waals surface area contributed by atoms with Crippen LogP contribution in [0.25, 0.3) is 0 Å². The van der Waals surface area contributed by atoms with Crippen LogP contribution >= 0.6 is 11.6 Å². The lowest BCUT2D eigenvalue weighted by Crippen LogP contribution is -2.48. The average Bonchev–Trinajstić information content (AvgIpc) is 2.62. The van der Waals surface area contributed by atoms with E-state index in [1.807, 2.05) is 36.4 Å². The third-order valence-corrected chi connectivity index (χ3v) is 6.74. The van der Waals surface area contributed by atoms with Crippen LogP contribution in [0, 0.1) is 0 Å². The van der Waals surface area contributed by atoms with Gasteiger partial charge < -0.3 is 0 Å². The van der Waals surface area contributed by atoms with Crippen LogP contribution in [0.15, 0.2) is 53.4 Å². The van der Waals surface area contributed by atoms with Crippen LogP contribution < -0.4 is 0 Å². The molecule has 25 heavy (non-hydrogen) atoms. The average molecular weight is 379 g/mol. The van der Waals surface area contributed by atoms with Gasteiger partial charge in [-0.2, -0.15) is 4.31 Å². The van der Waals surface area contributed by atoms with Crippen molar-refractivity contribution in [3.8, 4) is 0 Å². The summed E-state index contributed by atoms with van der Waals surface area (Å²) in [6.07, 6.45) is 0.905. The van der Waals surface area contributed by atoms with Gasteiger partial charge in [0.15, 0.2) is 0 Å². The fourth-order valence-electron chi connectivity index (χ4n) is 3.07. The Morgan fingerprint density at radius 1 is 0.960 bits per heavy atom. The summed E-state index contributed by atoms with van der Waals surface area (Å²) in [6, 6.07) is 15.0. The predicted octanol–water partition coefficient (Wildman–Crippen LogP) is 3.41. The van der Waals surface area contributed by atoms with Crippen molar-refractivity contribution < 1.29 is 8.42 Å². The predicted molar refractivity (Wildman–Crippen MR) is 101 cm³/mol. The number of aryl methyl sites for hydroxylation is 1. The second-order valence-corrected chi connectivity index (χ2v) is 8.68. The number of rotatable bonds is 5. The molecule has 0 unspecified atom stereocenters. The van der Waals surface area contributed by atoms with Crippen molar-refractivity contribution >= 4 is 21.6 Å². The van der Waals surface area contributed by atoms with E-state index in [0.717, 1.165) is 42.2 Å². The fraction of sp³-hybridized carbons (Fsp3) is 0.368. The Bertz CT molecular complexity index is 814. The second kappa shape index (κ2) is 7.87. The maximum absolute atomic E-state index is 12.8. The quantitative estimate of drug-likeness (QED) is 0.800. The van der Waals surface area contributed by atoms with Gasteiger partial charge in [0.25, 0.3) is 0 Å². The highest BCUT2D eigenvalue weighted by molar-refractivity contribution is 7.89. The number of halogens is 1. The number of nitrogens with zero attached hydrogens (tertiary/aromatic N) is 2. The van der Waals surface area contributed by atoms with Crippen LogP contribution in [0.3, 0.4) is 0 Å². The van der Waals surface area contributed by atoms with Gasteiger partial charge in [-0.25, -0.2) is 8.42 Å². The van der Waals surface area contributed by atoms with Crippen LogP contribution in [0.2, 0.25) is 5.02 Å². The Balaban J connectivity index is 1.62. The van der Waals surface area contributed by atoms with E-state index in [0.29, 0.717) is 18.0 Å². The molecule has 3 rings (SSSR count). The lowest BCUT2D eigenvalue weighted by Gasteiger charge is -2.34. The van der Waals surface area contributed by atoms with Crippen molar-refractivity contribution in [2.24, 2.45) is 0 Å². The first-order valence-electron chi connectivity index (χ1n) is 8.55. The van der Waals surface area contributed by atoms with Crippen LogP contribution in [0.5, 0.6) is 0 Å². The van der Waals surface area contributed by atoms with E-state index < -0.39 is 10.0 Å². The summed E-state index contributed by atoms with van der Waals surface area (Å²) in [7, 11) is -3.40. The standard InChI is InChI=1S/C19H23ClN2O2S/c1-2-16-6-8-19(9-7-16)25(23,24)22-12-10-21(11-13-22)15-17-4-3-5-18(20)14-17/h3-9,14H,2,10-13,15H2,1H3. The lowest BCUT2D eigenvalue weighted by molar-refractivity contribution is 0.181. The molecule has 2 aromatic rings. The van der Waals surface area contributed by atoms with Gasteiger partial charge >= 0.3 is 0 Å². The Morgan fingerprint density at radius 2 is 1.64 bits per heavy atom. The minimum atomic E-state index is -3.40. The van der Waals surface area contributed by atoms with Crippen molar-refractivity contribution in [1.29, 1.82) is 0 Å². The summed E-state index contributed by atoms with van der Waals surface area (Å²) in [5.41, 5.74) is 2.30. The lowest BCUT2D eigenvalue weighted by atomic mass is 10.2. The van der Waals surface area contributed by atoms with Crippen molar-refractivity contribution in [3.05, 3.63) is 64.7 Å². The molecular formula is C19H23ClN2O2S. The molecule has 1 aliphatic heterocycles. The minimum Gasteiger partial charge on any atom is -0.296 e. The number of benzene rings is 2. The molecular weight excluding hydrogens is 356 g/mol. The van der Waals surface area contributed by atoms with Gasteiger partial charge in [0.1, 0.15) is 0 Å². The van der Waals surface area contributed by atoms with E-state index >= 15 is 0 Å². The molecule has 0 amide bonds. The van der Waals surface area contributed by atoms with Crippen molar-refractivity contribution in [1.82, 2.24) is 9.21 Å². The zero-order valence-corrected chi connectivity index (χ0v) is 15.9. The maximum Gasteiger partial charge on any atom is 0.243 e. The minimum absolute atomic E-state index is 0.382.